The summed E-state index contributed by atoms with van der Waals surface area (Å²) in [4.78, 5) is 12.3. The van der Waals surface area contributed by atoms with Gasteiger partial charge in [-0.25, -0.2) is 4.39 Å². The first-order valence-electron chi connectivity index (χ1n) is 8.90. The normalized spacial score (nSPS) is 12.6. The predicted octanol–water partition coefficient (Wildman–Crippen LogP) is 5.29. The van der Waals surface area contributed by atoms with Gasteiger partial charge in [-0.1, -0.05) is 56.8 Å². The van der Waals surface area contributed by atoms with Crippen molar-refractivity contribution in [3.8, 4) is 11.5 Å². The molecule has 0 saturated heterocycles. The number of rotatable bonds is 5. The van der Waals surface area contributed by atoms with Crippen molar-refractivity contribution >= 4 is 23.4 Å². The minimum atomic E-state index is -0.531. The summed E-state index contributed by atoms with van der Waals surface area (Å²) in [5, 5.41) is 10.4. The predicted molar refractivity (Wildman–Crippen MR) is 109 cm³/mol. The van der Waals surface area contributed by atoms with E-state index in [1.165, 1.54) is 17.7 Å². The maximum absolute atomic E-state index is 13.7. The Morgan fingerprint density at radius 3 is 2.43 bits per heavy atom. The topological polar surface area (TPSA) is 68.0 Å². The van der Waals surface area contributed by atoms with Gasteiger partial charge in [0.05, 0.1) is 10.9 Å². The number of para-hydroxylation sites is 1. The number of thioether (sulfide) groups is 1. The van der Waals surface area contributed by atoms with E-state index >= 15 is 0 Å². The van der Waals surface area contributed by atoms with E-state index in [-0.39, 0.29) is 22.2 Å². The zero-order valence-corrected chi connectivity index (χ0v) is 17.0. The Balaban J connectivity index is 1.65. The fourth-order valence-corrected chi connectivity index (χ4v) is 3.17. The molecule has 1 amide bonds. The summed E-state index contributed by atoms with van der Waals surface area (Å²) >= 11 is 1.12. The van der Waals surface area contributed by atoms with Crippen LogP contribution in [0, 0.1) is 5.82 Å². The van der Waals surface area contributed by atoms with Crippen LogP contribution in [0.3, 0.4) is 0 Å². The van der Waals surface area contributed by atoms with E-state index in [0.29, 0.717) is 5.89 Å². The molecule has 5 nitrogen and oxygen atoms in total. The number of nitrogens with one attached hydrogen (secondary N) is 1. The molecular formula is C21H22FN3O2S. The van der Waals surface area contributed by atoms with Crippen molar-refractivity contribution in [2.75, 3.05) is 5.32 Å². The van der Waals surface area contributed by atoms with Gasteiger partial charge in [-0.3, -0.25) is 4.79 Å². The Kier molecular flexibility index (Phi) is 5.84. The number of amides is 1. The van der Waals surface area contributed by atoms with Crippen LogP contribution in [0.5, 0.6) is 0 Å². The van der Waals surface area contributed by atoms with Gasteiger partial charge in [0.2, 0.25) is 11.8 Å². The van der Waals surface area contributed by atoms with Gasteiger partial charge in [0.15, 0.2) is 0 Å². The molecule has 3 rings (SSSR count). The highest BCUT2D eigenvalue weighted by molar-refractivity contribution is 8.00. The molecule has 2 aromatic carbocycles. The zero-order chi connectivity index (χ0) is 20.3. The molecule has 0 fully saturated rings. The van der Waals surface area contributed by atoms with Crippen LogP contribution >= 0.6 is 11.8 Å². The van der Waals surface area contributed by atoms with Crippen molar-refractivity contribution in [2.24, 2.45) is 0 Å². The molecule has 0 saturated carbocycles. The third-order valence-corrected chi connectivity index (χ3v) is 5.12. The van der Waals surface area contributed by atoms with Crippen LogP contribution in [0.4, 0.5) is 10.1 Å². The van der Waals surface area contributed by atoms with Crippen molar-refractivity contribution in [2.45, 2.75) is 43.6 Å². The Morgan fingerprint density at radius 2 is 1.79 bits per heavy atom. The summed E-state index contributed by atoms with van der Waals surface area (Å²) in [5.74, 6) is -0.430. The molecule has 0 unspecified atom stereocenters. The highest BCUT2D eigenvalue weighted by Gasteiger charge is 2.20. The molecule has 7 heteroatoms. The third-order valence-electron chi connectivity index (χ3n) is 4.18. The Labute approximate surface area is 167 Å². The molecule has 1 aromatic heterocycles. The lowest BCUT2D eigenvalue weighted by molar-refractivity contribution is -0.115. The molecule has 1 heterocycles. The van der Waals surface area contributed by atoms with E-state index in [0.717, 1.165) is 17.3 Å². The molecule has 0 radical (unpaired) electrons. The van der Waals surface area contributed by atoms with Gasteiger partial charge in [-0.2, -0.15) is 0 Å². The van der Waals surface area contributed by atoms with Crippen LogP contribution in [0.15, 0.2) is 58.2 Å². The Hall–Kier alpha value is -2.67. The standard InChI is InChI=1S/C21H22FN3O2S/c1-13(18(26)23-17-8-6-5-7-16(17)22)28-20-25-24-19(27-20)14-9-11-15(12-10-14)21(2,3)4/h5-13H,1-4H3,(H,23,26)/t13-/m1/s1. The summed E-state index contributed by atoms with van der Waals surface area (Å²) in [6, 6.07) is 14.0. The van der Waals surface area contributed by atoms with Crippen molar-refractivity contribution < 1.29 is 13.6 Å². The van der Waals surface area contributed by atoms with Gasteiger partial charge in [-0.15, -0.1) is 10.2 Å². The van der Waals surface area contributed by atoms with E-state index in [4.69, 9.17) is 4.42 Å². The number of carbonyl (C=O) groups is 1. The molecule has 28 heavy (non-hydrogen) atoms. The van der Waals surface area contributed by atoms with E-state index in [2.05, 4.69) is 36.3 Å². The summed E-state index contributed by atoms with van der Waals surface area (Å²) < 4.78 is 19.3. The Bertz CT molecular complexity index is 964. The summed E-state index contributed by atoms with van der Waals surface area (Å²) in [7, 11) is 0. The third kappa shape index (κ3) is 4.78. The molecule has 0 bridgehead atoms. The smallest absolute Gasteiger partial charge is 0.277 e. The van der Waals surface area contributed by atoms with Crippen LogP contribution in [0.25, 0.3) is 11.5 Å². The van der Waals surface area contributed by atoms with Gasteiger partial charge >= 0.3 is 0 Å². The molecule has 0 aliphatic carbocycles. The van der Waals surface area contributed by atoms with Gasteiger partial charge < -0.3 is 9.73 Å². The number of aromatic nitrogens is 2. The van der Waals surface area contributed by atoms with E-state index in [1.807, 2.05) is 24.3 Å². The van der Waals surface area contributed by atoms with Crippen LogP contribution in [0.1, 0.15) is 33.3 Å². The number of nitrogens with zero attached hydrogens (tertiary/aromatic N) is 2. The molecule has 1 N–H and O–H groups in total. The minimum Gasteiger partial charge on any atom is -0.411 e. The second-order valence-corrected chi connectivity index (χ2v) is 8.72. The van der Waals surface area contributed by atoms with Gasteiger partial charge in [0, 0.05) is 5.56 Å². The molecule has 0 spiro atoms. The van der Waals surface area contributed by atoms with Crippen LogP contribution in [-0.2, 0) is 10.2 Å². The summed E-state index contributed by atoms with van der Waals surface area (Å²) in [6.45, 7) is 8.15. The largest absolute Gasteiger partial charge is 0.411 e. The molecule has 1 atom stereocenters. The van der Waals surface area contributed by atoms with Crippen LogP contribution in [-0.4, -0.2) is 21.4 Å². The maximum atomic E-state index is 13.7. The summed E-state index contributed by atoms with van der Waals surface area (Å²) in [6.07, 6.45) is 0. The van der Waals surface area contributed by atoms with Gasteiger partial charge in [0.1, 0.15) is 5.82 Å². The quantitative estimate of drug-likeness (QED) is 0.590. The first-order chi connectivity index (χ1) is 13.2. The van der Waals surface area contributed by atoms with Crippen molar-refractivity contribution in [1.82, 2.24) is 10.2 Å². The number of anilines is 1. The van der Waals surface area contributed by atoms with Crippen molar-refractivity contribution in [3.63, 3.8) is 0 Å². The molecule has 0 aliphatic heterocycles. The number of halogens is 1. The monoisotopic (exact) mass is 399 g/mol. The maximum Gasteiger partial charge on any atom is 0.277 e. The highest BCUT2D eigenvalue weighted by atomic mass is 32.2. The van der Waals surface area contributed by atoms with E-state index in [9.17, 15) is 9.18 Å². The van der Waals surface area contributed by atoms with Gasteiger partial charge in [0.25, 0.3) is 5.22 Å². The average Bonchev–Trinajstić information content (AvgIpc) is 3.11. The van der Waals surface area contributed by atoms with E-state index in [1.54, 1.807) is 19.1 Å². The molecule has 0 aliphatic rings. The zero-order valence-electron chi connectivity index (χ0n) is 16.2. The molecule has 3 aromatic rings. The number of carbonyl (C=O) groups excluding carboxylic acids is 1. The number of hydrogen-bond donors (Lipinski definition) is 1. The van der Waals surface area contributed by atoms with Crippen molar-refractivity contribution in [3.05, 3.63) is 59.9 Å². The highest BCUT2D eigenvalue weighted by Crippen LogP contribution is 2.29. The second kappa shape index (κ2) is 8.14. The lowest BCUT2D eigenvalue weighted by Crippen LogP contribution is -2.22. The number of benzene rings is 2. The van der Waals surface area contributed by atoms with Crippen LogP contribution in [0.2, 0.25) is 0 Å². The van der Waals surface area contributed by atoms with Crippen LogP contribution < -0.4 is 5.32 Å². The summed E-state index contributed by atoms with van der Waals surface area (Å²) in [5.41, 5.74) is 2.24. The van der Waals surface area contributed by atoms with E-state index < -0.39 is 11.1 Å². The van der Waals surface area contributed by atoms with Gasteiger partial charge in [-0.05, 0) is 42.2 Å². The first kappa shape index (κ1) is 20.1. The average molecular weight is 399 g/mol. The fourth-order valence-electron chi connectivity index (χ4n) is 2.49. The first-order valence-corrected chi connectivity index (χ1v) is 9.78. The number of hydrogen-bond acceptors (Lipinski definition) is 5. The molecular weight excluding hydrogens is 377 g/mol. The lowest BCUT2D eigenvalue weighted by Gasteiger charge is -2.18. The fraction of sp³-hybridized carbons (Fsp3) is 0.286. The second-order valence-electron chi connectivity index (χ2n) is 7.43. The minimum absolute atomic E-state index is 0.0649. The van der Waals surface area contributed by atoms with Crippen molar-refractivity contribution in [1.29, 1.82) is 0 Å². The SMILES string of the molecule is C[C@@H](Sc1nnc(-c2ccc(C(C)(C)C)cc2)o1)C(=O)Nc1ccccc1F. The molecule has 146 valence electrons. The lowest BCUT2D eigenvalue weighted by atomic mass is 9.87. The Morgan fingerprint density at radius 1 is 1.11 bits per heavy atom.